The van der Waals surface area contributed by atoms with Gasteiger partial charge in [0.2, 0.25) is 0 Å². The molecule has 1 saturated heterocycles. The predicted octanol–water partition coefficient (Wildman–Crippen LogP) is 1.03. The van der Waals surface area contributed by atoms with Gasteiger partial charge in [-0.15, -0.1) is 0 Å². The van der Waals surface area contributed by atoms with E-state index >= 15 is 0 Å². The topological polar surface area (TPSA) is 49.4 Å². The zero-order valence-electron chi connectivity index (χ0n) is 11.0. The van der Waals surface area contributed by atoms with Gasteiger partial charge in [0.15, 0.2) is 9.84 Å². The molecule has 1 N–H and O–H groups in total. The fraction of sp³-hybridized carbons (Fsp3) is 0.571. The molecule has 2 aliphatic rings. The van der Waals surface area contributed by atoms with Gasteiger partial charge in [0.25, 0.3) is 0 Å². The highest BCUT2D eigenvalue weighted by Gasteiger charge is 2.38. The Morgan fingerprint density at radius 2 is 1.84 bits per heavy atom. The summed E-state index contributed by atoms with van der Waals surface area (Å²) in [5.74, 6) is 0. The van der Waals surface area contributed by atoms with Gasteiger partial charge in [0.05, 0.1) is 10.1 Å². The van der Waals surface area contributed by atoms with Crippen molar-refractivity contribution in [3.8, 4) is 0 Å². The summed E-state index contributed by atoms with van der Waals surface area (Å²) in [4.78, 5) is 2.87. The first-order chi connectivity index (χ1) is 9.18. The lowest BCUT2D eigenvalue weighted by atomic mass is 10.2. The third kappa shape index (κ3) is 2.83. The minimum atomic E-state index is -3.09. The van der Waals surface area contributed by atoms with Gasteiger partial charge in [-0.1, -0.05) is 18.2 Å². The first-order valence-electron chi connectivity index (χ1n) is 6.93. The van der Waals surface area contributed by atoms with E-state index in [4.69, 9.17) is 0 Å². The van der Waals surface area contributed by atoms with E-state index in [9.17, 15) is 8.42 Å². The molecule has 4 nitrogen and oxygen atoms in total. The first-order valence-corrected chi connectivity index (χ1v) is 8.47. The van der Waals surface area contributed by atoms with Crippen molar-refractivity contribution in [3.05, 3.63) is 29.8 Å². The fourth-order valence-electron chi connectivity index (χ4n) is 2.58. The highest BCUT2D eigenvalue weighted by Crippen LogP contribution is 2.35. The summed E-state index contributed by atoms with van der Waals surface area (Å²) >= 11 is 0. The van der Waals surface area contributed by atoms with Gasteiger partial charge >= 0.3 is 0 Å². The fourth-order valence-corrected chi connectivity index (χ4v) is 4.46. The van der Waals surface area contributed by atoms with Gasteiger partial charge < -0.3 is 5.32 Å². The lowest BCUT2D eigenvalue weighted by Gasteiger charge is -2.27. The molecule has 1 heterocycles. The molecule has 1 aromatic rings. The molecule has 104 valence electrons. The summed E-state index contributed by atoms with van der Waals surface area (Å²) < 4.78 is 24.9. The molecule has 0 unspecified atom stereocenters. The molecule has 2 fully saturated rings. The maximum atomic E-state index is 12.4. The maximum absolute atomic E-state index is 12.4. The summed E-state index contributed by atoms with van der Waals surface area (Å²) in [7, 11) is -3.09. The molecule has 0 bridgehead atoms. The smallest absolute Gasteiger partial charge is 0.181 e. The van der Waals surface area contributed by atoms with Crippen LogP contribution >= 0.6 is 0 Å². The van der Waals surface area contributed by atoms with Crippen molar-refractivity contribution >= 4 is 9.84 Å². The van der Waals surface area contributed by atoms with Crippen LogP contribution in [0.1, 0.15) is 18.4 Å². The number of piperazine rings is 1. The number of benzene rings is 1. The van der Waals surface area contributed by atoms with Crippen LogP contribution in [-0.4, -0.2) is 44.7 Å². The monoisotopic (exact) mass is 280 g/mol. The number of nitrogens with zero attached hydrogens (tertiary/aromatic N) is 1. The third-order valence-electron chi connectivity index (χ3n) is 3.85. The predicted molar refractivity (Wildman–Crippen MR) is 74.8 cm³/mol. The minimum absolute atomic E-state index is 0.128. The van der Waals surface area contributed by atoms with Crippen LogP contribution in [0.3, 0.4) is 0 Å². The van der Waals surface area contributed by atoms with Crippen molar-refractivity contribution in [1.82, 2.24) is 10.2 Å². The Hall–Kier alpha value is -0.910. The Labute approximate surface area is 114 Å². The van der Waals surface area contributed by atoms with Crippen LogP contribution in [0.15, 0.2) is 29.2 Å². The van der Waals surface area contributed by atoms with Crippen LogP contribution in [0.2, 0.25) is 0 Å². The van der Waals surface area contributed by atoms with Gasteiger partial charge in [0, 0.05) is 32.7 Å². The van der Waals surface area contributed by atoms with Crippen molar-refractivity contribution in [2.75, 3.05) is 26.2 Å². The molecule has 1 aliphatic heterocycles. The van der Waals surface area contributed by atoms with E-state index in [0.717, 1.165) is 51.1 Å². The number of nitrogens with one attached hydrogen (secondary N) is 1. The summed E-state index contributed by atoms with van der Waals surface area (Å²) in [5, 5.41) is 3.19. The number of rotatable bonds is 4. The SMILES string of the molecule is O=S(=O)(c1ccccc1CN1CCNCC1)C1CC1. The van der Waals surface area contributed by atoms with Crippen LogP contribution < -0.4 is 5.32 Å². The van der Waals surface area contributed by atoms with Crippen molar-refractivity contribution in [2.24, 2.45) is 0 Å². The molecular formula is C14H20N2O2S. The van der Waals surface area contributed by atoms with Crippen LogP contribution in [0.4, 0.5) is 0 Å². The van der Waals surface area contributed by atoms with E-state index in [0.29, 0.717) is 4.90 Å². The molecule has 19 heavy (non-hydrogen) atoms. The molecule has 0 spiro atoms. The molecule has 0 aromatic heterocycles. The summed E-state index contributed by atoms with van der Waals surface area (Å²) in [6, 6.07) is 7.49. The largest absolute Gasteiger partial charge is 0.314 e. The molecule has 0 amide bonds. The van der Waals surface area contributed by atoms with E-state index in [1.54, 1.807) is 6.07 Å². The van der Waals surface area contributed by atoms with Crippen LogP contribution in [-0.2, 0) is 16.4 Å². The molecule has 0 atom stereocenters. The molecule has 1 aliphatic carbocycles. The number of hydrogen-bond acceptors (Lipinski definition) is 4. The Morgan fingerprint density at radius 1 is 1.16 bits per heavy atom. The summed E-state index contributed by atoms with van der Waals surface area (Å²) in [5.41, 5.74) is 0.955. The van der Waals surface area contributed by atoms with Crippen LogP contribution in [0.25, 0.3) is 0 Å². The molecule has 1 aromatic carbocycles. The molecule has 0 radical (unpaired) electrons. The van der Waals surface area contributed by atoms with E-state index in [2.05, 4.69) is 10.2 Å². The van der Waals surface area contributed by atoms with E-state index < -0.39 is 9.84 Å². The Kier molecular flexibility index (Phi) is 3.60. The lowest BCUT2D eigenvalue weighted by molar-refractivity contribution is 0.231. The summed E-state index contributed by atoms with van der Waals surface area (Å²) in [6.07, 6.45) is 1.65. The Balaban J connectivity index is 1.84. The molecule has 5 heteroatoms. The van der Waals surface area contributed by atoms with Gasteiger partial charge in [-0.2, -0.15) is 0 Å². The second-order valence-corrected chi connectivity index (χ2v) is 7.57. The Morgan fingerprint density at radius 3 is 2.53 bits per heavy atom. The van der Waals surface area contributed by atoms with E-state index in [1.807, 2.05) is 18.2 Å². The van der Waals surface area contributed by atoms with Gasteiger partial charge in [-0.05, 0) is 24.5 Å². The zero-order valence-corrected chi connectivity index (χ0v) is 11.8. The van der Waals surface area contributed by atoms with Crippen LogP contribution in [0, 0.1) is 0 Å². The van der Waals surface area contributed by atoms with Gasteiger partial charge in [0.1, 0.15) is 0 Å². The average Bonchev–Trinajstić information content (AvgIpc) is 3.25. The lowest BCUT2D eigenvalue weighted by Crippen LogP contribution is -2.43. The van der Waals surface area contributed by atoms with Crippen LogP contribution in [0.5, 0.6) is 0 Å². The minimum Gasteiger partial charge on any atom is -0.314 e. The summed E-state index contributed by atoms with van der Waals surface area (Å²) in [6.45, 7) is 4.68. The quantitative estimate of drug-likeness (QED) is 0.895. The van der Waals surface area contributed by atoms with Crippen molar-refractivity contribution in [2.45, 2.75) is 29.5 Å². The number of hydrogen-bond donors (Lipinski definition) is 1. The Bertz CT molecular complexity index is 546. The van der Waals surface area contributed by atoms with Gasteiger partial charge in [-0.3, -0.25) is 4.90 Å². The third-order valence-corrected chi connectivity index (χ3v) is 6.21. The normalized spacial score (nSPS) is 21.5. The van der Waals surface area contributed by atoms with Gasteiger partial charge in [-0.25, -0.2) is 8.42 Å². The average molecular weight is 280 g/mol. The van der Waals surface area contributed by atoms with Crippen molar-refractivity contribution < 1.29 is 8.42 Å². The molecule has 1 saturated carbocycles. The van der Waals surface area contributed by atoms with E-state index in [-0.39, 0.29) is 5.25 Å². The second-order valence-electron chi connectivity index (χ2n) is 5.38. The molecular weight excluding hydrogens is 260 g/mol. The van der Waals surface area contributed by atoms with Crippen molar-refractivity contribution in [1.29, 1.82) is 0 Å². The number of sulfone groups is 1. The van der Waals surface area contributed by atoms with E-state index in [1.165, 1.54) is 0 Å². The highest BCUT2D eigenvalue weighted by molar-refractivity contribution is 7.92. The maximum Gasteiger partial charge on any atom is 0.181 e. The zero-order chi connectivity index (χ0) is 13.3. The molecule has 3 rings (SSSR count). The van der Waals surface area contributed by atoms with Crippen molar-refractivity contribution in [3.63, 3.8) is 0 Å². The first kappa shape index (κ1) is 13.1. The highest BCUT2D eigenvalue weighted by atomic mass is 32.2. The second kappa shape index (κ2) is 5.23. The standard InChI is InChI=1S/C14H20N2O2S/c17-19(18,13-5-6-13)14-4-2-1-3-12(14)11-16-9-7-15-8-10-16/h1-4,13,15H,5-11H2.